The third-order valence-electron chi connectivity index (χ3n) is 12.5. The number of aliphatic hydroxyl groups is 1. The van der Waals surface area contributed by atoms with Gasteiger partial charge in [0.2, 0.25) is 5.78 Å². The summed E-state index contributed by atoms with van der Waals surface area (Å²) in [6.07, 6.45) is -0.0912. The molecule has 4 aliphatic rings. The van der Waals surface area contributed by atoms with Crippen molar-refractivity contribution in [3.63, 3.8) is 0 Å². The van der Waals surface area contributed by atoms with Crippen molar-refractivity contribution in [1.29, 1.82) is 0 Å². The summed E-state index contributed by atoms with van der Waals surface area (Å²) in [5.74, 6) is -3.33. The van der Waals surface area contributed by atoms with Crippen molar-refractivity contribution in [2.75, 3.05) is 40.4 Å². The predicted molar refractivity (Wildman–Crippen MR) is 204 cm³/mol. The highest BCUT2D eigenvalue weighted by molar-refractivity contribution is 6.74. The molecule has 0 unspecified atom stereocenters. The number of fused-ring (bicyclic) bond motifs is 4. The Balaban J connectivity index is 1.61. The zero-order valence-corrected chi connectivity index (χ0v) is 34.9. The van der Waals surface area contributed by atoms with Crippen LogP contribution in [0.3, 0.4) is 0 Å². The fourth-order valence-electron chi connectivity index (χ4n) is 8.77. The summed E-state index contributed by atoms with van der Waals surface area (Å²) in [5, 5.41) is 16.6. The maximum absolute atomic E-state index is 15.4. The van der Waals surface area contributed by atoms with E-state index in [0.29, 0.717) is 25.9 Å². The summed E-state index contributed by atoms with van der Waals surface area (Å²) >= 11 is 0. The topological polar surface area (TPSA) is 115 Å². The Bertz CT molecular complexity index is 1830. The van der Waals surface area contributed by atoms with Crippen molar-refractivity contribution < 1.29 is 46.3 Å². The van der Waals surface area contributed by atoms with E-state index in [2.05, 4.69) is 5.16 Å². The number of benzene rings is 1. The van der Waals surface area contributed by atoms with Crippen LogP contribution in [-0.4, -0.2) is 85.9 Å². The van der Waals surface area contributed by atoms with Gasteiger partial charge in [-0.2, -0.15) is 13.2 Å². The molecule has 0 radical (unpaired) electrons. The Morgan fingerprint density at radius 2 is 1.67 bits per heavy atom. The molecule has 1 aliphatic heterocycles. The van der Waals surface area contributed by atoms with E-state index in [-0.39, 0.29) is 77.8 Å². The first-order valence-electron chi connectivity index (χ1n) is 19.9. The fraction of sp³-hybridized carbons (Fsp3) is 0.683. The molecule has 2 aromatic rings. The number of unbranched alkanes of at least 4 members (excludes halogenated alkanes) is 2. The van der Waals surface area contributed by atoms with Gasteiger partial charge in [-0.05, 0) is 112 Å². The molecule has 6 rings (SSSR count). The van der Waals surface area contributed by atoms with Crippen molar-refractivity contribution in [2.24, 2.45) is 11.8 Å². The number of rotatable bonds is 13. The molecule has 304 valence electrons. The number of alkyl halides is 3. The number of carbonyl (C=O) groups is 2. The van der Waals surface area contributed by atoms with Crippen LogP contribution in [0.5, 0.6) is 11.6 Å². The standard InChI is InChI=1S/C41H58F3N3O7Si/c1-10-12-18-51-28-22-25(23-47-16-14-15-17-47)32(41(42,43)44)26-20-24-21-27-33(46(6)7)35-31(38(45-53-35)52-19-13-11-2)37(50)40(27,54-55(8,9)39(3,4)5)36(49)29(24)34(48)30(26)28/h22,24,27,33,49H,10-21,23H2,1-9H3/t24-,27-,33-,40-/m0/s1. The minimum Gasteiger partial charge on any atom is -0.508 e. The Kier molecular flexibility index (Phi) is 11.5. The van der Waals surface area contributed by atoms with Crippen molar-refractivity contribution >= 4 is 19.9 Å². The molecule has 1 N–H and O–H groups in total. The van der Waals surface area contributed by atoms with Gasteiger partial charge in [0.1, 0.15) is 17.1 Å². The van der Waals surface area contributed by atoms with Crippen LogP contribution in [0, 0.1) is 11.8 Å². The first kappa shape index (κ1) is 41.4. The van der Waals surface area contributed by atoms with E-state index < -0.39 is 65.9 Å². The number of hydrogen-bond acceptors (Lipinski definition) is 10. The fourth-order valence-corrected chi connectivity index (χ4v) is 10.2. The quantitative estimate of drug-likeness (QED) is 0.156. The smallest absolute Gasteiger partial charge is 0.417 e. The van der Waals surface area contributed by atoms with Gasteiger partial charge in [-0.3, -0.25) is 19.4 Å². The number of hydrogen-bond donors (Lipinski definition) is 1. The van der Waals surface area contributed by atoms with E-state index in [0.717, 1.165) is 25.7 Å². The van der Waals surface area contributed by atoms with E-state index in [1.165, 1.54) is 6.07 Å². The number of ketones is 2. The molecule has 4 atom stereocenters. The molecule has 2 heterocycles. The van der Waals surface area contributed by atoms with Gasteiger partial charge in [-0.25, -0.2) is 0 Å². The molecule has 1 aromatic heterocycles. The number of aromatic nitrogens is 1. The molecular weight excluding hydrogens is 732 g/mol. The number of allylic oxidation sites excluding steroid dienone is 1. The minimum atomic E-state index is -4.76. The molecule has 55 heavy (non-hydrogen) atoms. The molecule has 0 bridgehead atoms. The van der Waals surface area contributed by atoms with Crippen molar-refractivity contribution in [3.8, 4) is 11.6 Å². The van der Waals surface area contributed by atoms with Gasteiger partial charge < -0.3 is 23.5 Å². The van der Waals surface area contributed by atoms with Crippen LogP contribution in [0.4, 0.5) is 13.2 Å². The Labute approximate surface area is 323 Å². The van der Waals surface area contributed by atoms with Crippen LogP contribution in [0.15, 0.2) is 21.9 Å². The highest BCUT2D eigenvalue weighted by Gasteiger charge is 2.67. The first-order chi connectivity index (χ1) is 25.8. The van der Waals surface area contributed by atoms with Crippen molar-refractivity contribution in [2.45, 2.75) is 128 Å². The van der Waals surface area contributed by atoms with Gasteiger partial charge in [-0.15, -0.1) is 0 Å². The van der Waals surface area contributed by atoms with Gasteiger partial charge in [0, 0.05) is 18.0 Å². The maximum atomic E-state index is 15.4. The summed E-state index contributed by atoms with van der Waals surface area (Å²) in [4.78, 5) is 34.3. The molecule has 3 aliphatic carbocycles. The number of ether oxygens (including phenoxy) is 2. The third-order valence-corrected chi connectivity index (χ3v) is 17.0. The second-order valence-corrected chi connectivity index (χ2v) is 22.3. The minimum absolute atomic E-state index is 0.0100. The lowest BCUT2D eigenvalue weighted by atomic mass is 9.58. The lowest BCUT2D eigenvalue weighted by molar-refractivity contribution is -0.139. The van der Waals surface area contributed by atoms with Gasteiger partial charge in [0.15, 0.2) is 25.5 Å². The Morgan fingerprint density at radius 3 is 2.25 bits per heavy atom. The predicted octanol–water partition coefficient (Wildman–Crippen LogP) is 9.09. The first-order valence-corrected chi connectivity index (χ1v) is 22.8. The SMILES string of the molecule is CCCCOc1cc(CN2CCCC2)c(C(F)(F)F)c2c1C(=O)C1=C(O)[C@]3(O[Si](C)(C)C(C)(C)C)C(=O)c4c(OCCCC)noc4[C@@H](N(C)C)[C@@H]3C[C@@H]1C2. The van der Waals surface area contributed by atoms with Crippen molar-refractivity contribution in [1.82, 2.24) is 15.0 Å². The molecule has 1 aromatic carbocycles. The molecule has 10 nitrogen and oxygen atoms in total. The van der Waals surface area contributed by atoms with Gasteiger partial charge in [-0.1, -0.05) is 47.5 Å². The van der Waals surface area contributed by atoms with Gasteiger partial charge >= 0.3 is 6.18 Å². The summed E-state index contributed by atoms with van der Waals surface area (Å²) in [6, 6.07) is 0.682. The van der Waals surface area contributed by atoms with Gasteiger partial charge in [0.05, 0.1) is 30.4 Å². The Morgan fingerprint density at radius 1 is 1.04 bits per heavy atom. The molecule has 0 saturated carbocycles. The number of likely N-dealkylation sites (tertiary alicyclic amines) is 1. The van der Waals surface area contributed by atoms with E-state index >= 15 is 22.8 Å². The average molecular weight is 790 g/mol. The molecular formula is C41H58F3N3O7Si. The normalized spacial score (nSPS) is 24.6. The summed E-state index contributed by atoms with van der Waals surface area (Å²) in [5.41, 5.74) is -3.16. The van der Waals surface area contributed by atoms with E-state index in [1.54, 1.807) is 0 Å². The maximum Gasteiger partial charge on any atom is 0.417 e. The van der Waals surface area contributed by atoms with Crippen LogP contribution >= 0.6 is 0 Å². The molecule has 1 fully saturated rings. The average Bonchev–Trinajstić information content (AvgIpc) is 3.75. The summed E-state index contributed by atoms with van der Waals surface area (Å²) in [7, 11) is 0.658. The van der Waals surface area contributed by atoms with Crippen LogP contribution in [-0.2, 0) is 23.6 Å². The zero-order valence-electron chi connectivity index (χ0n) is 33.9. The molecule has 0 amide bonds. The number of Topliss-reactive ketones (excluding diaryl/α,β-unsaturated/α-hetero) is 2. The number of aliphatic hydroxyl groups excluding tert-OH is 1. The highest BCUT2D eigenvalue weighted by atomic mass is 28.4. The van der Waals surface area contributed by atoms with Crippen LogP contribution < -0.4 is 9.47 Å². The van der Waals surface area contributed by atoms with E-state index in [4.69, 9.17) is 18.4 Å². The van der Waals surface area contributed by atoms with E-state index in [9.17, 15) is 5.11 Å². The lowest BCUT2D eigenvalue weighted by Crippen LogP contribution is -2.65. The van der Waals surface area contributed by atoms with Gasteiger partial charge in [0.25, 0.3) is 5.88 Å². The Hall–Kier alpha value is -3.20. The number of nitrogens with zero attached hydrogens (tertiary/aromatic N) is 3. The van der Waals surface area contributed by atoms with Crippen LogP contribution in [0.1, 0.15) is 129 Å². The molecule has 0 spiro atoms. The monoisotopic (exact) mass is 789 g/mol. The summed E-state index contributed by atoms with van der Waals surface area (Å²) in [6.45, 7) is 15.9. The lowest BCUT2D eigenvalue weighted by Gasteiger charge is -2.55. The molecule has 1 saturated heterocycles. The number of halogens is 3. The zero-order chi connectivity index (χ0) is 40.2. The largest absolute Gasteiger partial charge is 0.508 e. The van der Waals surface area contributed by atoms with Crippen LogP contribution in [0.2, 0.25) is 18.1 Å². The van der Waals surface area contributed by atoms with Crippen molar-refractivity contribution in [3.05, 3.63) is 51.0 Å². The number of carbonyl (C=O) groups excluding carboxylic acids is 2. The second-order valence-electron chi connectivity index (χ2n) is 17.5. The van der Waals surface area contributed by atoms with Crippen LogP contribution in [0.25, 0.3) is 0 Å². The third kappa shape index (κ3) is 7.18. The highest BCUT2D eigenvalue weighted by Crippen LogP contribution is 2.60. The second kappa shape index (κ2) is 15.3. The summed E-state index contributed by atoms with van der Waals surface area (Å²) < 4.78 is 71.4. The molecule has 14 heteroatoms. The van der Waals surface area contributed by atoms with E-state index in [1.807, 2.05) is 71.6 Å².